The van der Waals surface area contributed by atoms with Gasteiger partial charge in [-0.1, -0.05) is 96.7 Å². The van der Waals surface area contributed by atoms with E-state index >= 15 is 0 Å². The molecule has 0 radical (unpaired) electrons. The van der Waals surface area contributed by atoms with Crippen molar-refractivity contribution >= 4 is 59.0 Å². The van der Waals surface area contributed by atoms with Crippen LogP contribution in [0.25, 0.3) is 43.1 Å². The van der Waals surface area contributed by atoms with E-state index in [9.17, 15) is 0 Å². The van der Waals surface area contributed by atoms with Crippen molar-refractivity contribution in [1.82, 2.24) is 0 Å². The molecular weight excluding hydrogens is 428 g/mol. The van der Waals surface area contributed by atoms with Crippen molar-refractivity contribution in [1.29, 1.82) is 0 Å². The Morgan fingerprint density at radius 1 is 0.433 bits per heavy atom. The maximum Gasteiger partial charge on any atom is 0.0636 e. The summed E-state index contributed by atoms with van der Waals surface area (Å²) in [5, 5.41) is -0.970. The third-order valence-corrected chi connectivity index (χ3v) is 4.73. The van der Waals surface area contributed by atoms with E-state index in [-0.39, 0.29) is 73.1 Å². The third kappa shape index (κ3) is 3.81. The summed E-state index contributed by atoms with van der Waals surface area (Å²) in [7, 11) is 0. The van der Waals surface area contributed by atoms with Gasteiger partial charge in [0.15, 0.2) is 0 Å². The minimum atomic E-state index is -0.555. The van der Waals surface area contributed by atoms with Crippen molar-refractivity contribution in [3.05, 3.63) is 127 Å². The highest BCUT2D eigenvalue weighted by Gasteiger charge is 2.03. The molecule has 6 aromatic rings. The van der Waals surface area contributed by atoms with E-state index in [1.54, 1.807) is 0 Å². The molecule has 0 atom stereocenters. The molecule has 0 heterocycles. The van der Waals surface area contributed by atoms with Gasteiger partial charge in [-0.15, -0.1) is 0 Å². The highest BCUT2D eigenvalue weighted by molar-refractivity contribution is 9.10. The van der Waals surface area contributed by atoms with Crippen molar-refractivity contribution in [2.75, 3.05) is 0 Å². The minimum Gasteiger partial charge on any atom is -0.358 e. The standard InChI is InChI=1S/C14H9Br.C14H10.CH3/c15-14-12-7-3-1-5-10(12)9-11-6-2-4-8-13(11)14;1-2-6-12-10-14-8-4-3-7-13(14)9-11(12)5-1;/h1-9H;1-10H;1H3/q;;-1/i1D,2D,3D,4D,5D,6D,7D,8D,9D;1D,2D,3D,4D,5D,6D,7D,8D,9D,10D;. The molecular formula is C29H22Br-. The first-order valence-electron chi connectivity index (χ1n) is 17.7. The van der Waals surface area contributed by atoms with E-state index in [2.05, 4.69) is 15.9 Å². The monoisotopic (exact) mass is 468 g/mol. The van der Waals surface area contributed by atoms with Crippen LogP contribution in [0.1, 0.15) is 26.0 Å². The zero-order chi connectivity index (χ0) is 36.2. The maximum absolute atomic E-state index is 8.32. The third-order valence-electron chi connectivity index (χ3n) is 3.94. The van der Waals surface area contributed by atoms with Crippen molar-refractivity contribution in [3.8, 4) is 0 Å². The molecule has 0 bridgehead atoms. The summed E-state index contributed by atoms with van der Waals surface area (Å²) < 4.78 is 151. The van der Waals surface area contributed by atoms with E-state index < -0.39 is 96.7 Å². The summed E-state index contributed by atoms with van der Waals surface area (Å²) >= 11 is 3.22. The van der Waals surface area contributed by atoms with Gasteiger partial charge < -0.3 is 7.43 Å². The number of halogens is 1. The van der Waals surface area contributed by atoms with Crippen LogP contribution in [0.3, 0.4) is 0 Å². The Kier molecular flexibility index (Phi) is 2.18. The van der Waals surface area contributed by atoms with Crippen molar-refractivity contribution < 1.29 is 26.0 Å². The van der Waals surface area contributed by atoms with Gasteiger partial charge in [-0.2, -0.15) is 0 Å². The summed E-state index contributed by atoms with van der Waals surface area (Å²) in [4.78, 5) is 0. The Morgan fingerprint density at radius 3 is 1.07 bits per heavy atom. The second-order valence-corrected chi connectivity index (χ2v) is 6.48. The van der Waals surface area contributed by atoms with Crippen molar-refractivity contribution in [3.63, 3.8) is 0 Å². The normalized spacial score (nSPS) is 19.4. The van der Waals surface area contributed by atoms with Gasteiger partial charge in [-0.3, -0.25) is 0 Å². The summed E-state index contributed by atoms with van der Waals surface area (Å²) in [5.74, 6) is 0. The van der Waals surface area contributed by atoms with E-state index in [1.807, 2.05) is 0 Å². The second kappa shape index (κ2) is 8.69. The smallest absolute Gasteiger partial charge is 0.0636 e. The van der Waals surface area contributed by atoms with Gasteiger partial charge in [0, 0.05) is 4.47 Å². The topological polar surface area (TPSA) is 0 Å². The van der Waals surface area contributed by atoms with Crippen LogP contribution in [0.4, 0.5) is 0 Å². The lowest BCUT2D eigenvalue weighted by atomic mass is 10.0. The van der Waals surface area contributed by atoms with Crippen LogP contribution in [0.2, 0.25) is 0 Å². The van der Waals surface area contributed by atoms with Gasteiger partial charge in [0.1, 0.15) is 0 Å². The number of rotatable bonds is 0. The summed E-state index contributed by atoms with van der Waals surface area (Å²) in [6.45, 7) is 0. The molecule has 0 aliphatic carbocycles. The van der Waals surface area contributed by atoms with Crippen LogP contribution in [-0.4, -0.2) is 0 Å². The summed E-state index contributed by atoms with van der Waals surface area (Å²) in [5.41, 5.74) is 0. The Balaban J connectivity index is 0.000000216. The predicted molar refractivity (Wildman–Crippen MR) is 137 cm³/mol. The molecule has 146 valence electrons. The molecule has 30 heavy (non-hydrogen) atoms. The minimum absolute atomic E-state index is 0. The molecule has 0 amide bonds. The quantitative estimate of drug-likeness (QED) is 0.154. The molecule has 6 aromatic carbocycles. The zero-order valence-corrected chi connectivity index (χ0v) is 17.0. The van der Waals surface area contributed by atoms with Crippen LogP contribution < -0.4 is 0 Å². The summed E-state index contributed by atoms with van der Waals surface area (Å²) in [6, 6.07) is -8.90. The highest BCUT2D eigenvalue weighted by Crippen LogP contribution is 2.32. The van der Waals surface area contributed by atoms with Gasteiger partial charge in [0.25, 0.3) is 0 Å². The van der Waals surface area contributed by atoms with E-state index in [0.29, 0.717) is 0 Å². The molecule has 0 aromatic heterocycles. The first kappa shape index (κ1) is 7.51. The molecule has 0 saturated heterocycles. The Labute approximate surface area is 212 Å². The Hall–Kier alpha value is -3.16. The lowest BCUT2D eigenvalue weighted by Gasteiger charge is -2.05. The van der Waals surface area contributed by atoms with Crippen molar-refractivity contribution in [2.24, 2.45) is 0 Å². The predicted octanol–water partition coefficient (Wildman–Crippen LogP) is 9.20. The van der Waals surface area contributed by atoms with Gasteiger partial charge in [0.2, 0.25) is 0 Å². The number of hydrogen-bond acceptors (Lipinski definition) is 0. The fourth-order valence-electron chi connectivity index (χ4n) is 2.64. The second-order valence-electron chi connectivity index (χ2n) is 5.69. The van der Waals surface area contributed by atoms with Gasteiger partial charge in [-0.25, -0.2) is 0 Å². The van der Waals surface area contributed by atoms with Crippen LogP contribution >= 0.6 is 15.9 Å². The first-order chi connectivity index (χ1) is 22.2. The largest absolute Gasteiger partial charge is 0.358 e. The van der Waals surface area contributed by atoms with Crippen LogP contribution in [0.15, 0.2) is 119 Å². The van der Waals surface area contributed by atoms with Crippen molar-refractivity contribution in [2.45, 2.75) is 0 Å². The molecule has 1 heteroatoms. The van der Waals surface area contributed by atoms with E-state index in [1.165, 1.54) is 0 Å². The average molecular weight is 470 g/mol. The van der Waals surface area contributed by atoms with E-state index in [0.717, 1.165) is 0 Å². The van der Waals surface area contributed by atoms with Crippen LogP contribution in [0.5, 0.6) is 0 Å². The fourth-order valence-corrected chi connectivity index (χ4v) is 3.24. The molecule has 0 aliphatic heterocycles. The van der Waals surface area contributed by atoms with Gasteiger partial charge in [-0.05, 0) is 77.1 Å². The lowest BCUT2D eigenvalue weighted by molar-refractivity contribution is 1.74. The Morgan fingerprint density at radius 2 is 0.700 bits per heavy atom. The van der Waals surface area contributed by atoms with Gasteiger partial charge in [0.05, 0.1) is 26.0 Å². The molecule has 0 fully saturated rings. The number of hydrogen-bond donors (Lipinski definition) is 0. The fraction of sp³-hybridized carbons (Fsp3) is 0. The zero-order valence-electron chi connectivity index (χ0n) is 34.4. The maximum atomic E-state index is 8.32. The molecule has 0 saturated carbocycles. The molecule has 6 rings (SSSR count). The number of fused-ring (bicyclic) bond motifs is 4. The molecule has 0 aliphatic rings. The molecule has 0 N–H and O–H groups in total. The lowest BCUT2D eigenvalue weighted by Crippen LogP contribution is -1.78. The average Bonchev–Trinajstić information content (AvgIpc) is 3.05. The van der Waals surface area contributed by atoms with Crippen LogP contribution in [-0.2, 0) is 0 Å². The number of benzene rings is 6. The van der Waals surface area contributed by atoms with E-state index in [4.69, 9.17) is 26.0 Å². The highest BCUT2D eigenvalue weighted by atomic mass is 79.9. The SMILES string of the molecule is [2H]c1c([2H])c([2H])c2c(Br)c3c([2H])c([2H])c([2H])c([2H])c3c([2H])c2c1[2H].[2H]c1c([2H])c([2H])c2c([2H])c3c([2H])c([2H])c([2H])c([2H])c3c([2H])c2c1[2H].[CH3-]. The first-order valence-corrected chi connectivity index (χ1v) is 8.98. The Bertz CT molecular complexity index is 1960. The summed E-state index contributed by atoms with van der Waals surface area (Å²) in [6.07, 6.45) is 0. The molecule has 0 spiro atoms. The van der Waals surface area contributed by atoms with Crippen LogP contribution in [0, 0.1) is 7.43 Å². The van der Waals surface area contributed by atoms with Gasteiger partial charge >= 0.3 is 0 Å². The molecule has 0 nitrogen and oxygen atoms in total. The molecule has 0 unspecified atom stereocenters.